The van der Waals surface area contributed by atoms with Gasteiger partial charge in [0.25, 0.3) is 11.5 Å². The summed E-state index contributed by atoms with van der Waals surface area (Å²) >= 11 is 0. The number of nitrogens with zero attached hydrogens (tertiary/aromatic N) is 4. The molecule has 1 saturated carbocycles. The van der Waals surface area contributed by atoms with Gasteiger partial charge in [0.2, 0.25) is 11.8 Å². The van der Waals surface area contributed by atoms with Gasteiger partial charge in [-0.2, -0.15) is 9.61 Å². The Balaban J connectivity index is 1.75. The van der Waals surface area contributed by atoms with Crippen molar-refractivity contribution in [3.05, 3.63) is 33.8 Å². The Kier molecular flexibility index (Phi) is 5.57. The van der Waals surface area contributed by atoms with Gasteiger partial charge in [-0.25, -0.2) is 0 Å². The van der Waals surface area contributed by atoms with Crippen LogP contribution in [0.25, 0.3) is 11.7 Å². The lowest BCUT2D eigenvalue weighted by atomic mass is 10.2. The first kappa shape index (κ1) is 21.1. The summed E-state index contributed by atoms with van der Waals surface area (Å²) in [4.78, 5) is 39.5. The maximum Gasteiger partial charge on any atom is 0.291 e. The molecule has 1 aliphatic carbocycles. The maximum absolute atomic E-state index is 13.0. The van der Waals surface area contributed by atoms with E-state index in [1.807, 2.05) is 13.8 Å². The summed E-state index contributed by atoms with van der Waals surface area (Å²) in [5.74, 6) is -1.16. The monoisotopic (exact) mass is 429 g/mol. The third-order valence-corrected chi connectivity index (χ3v) is 5.48. The number of likely N-dealkylation sites (tertiary alicyclic amines) is 1. The van der Waals surface area contributed by atoms with Crippen LogP contribution in [0.4, 0.5) is 0 Å². The number of β-amino-alcohol motifs (C(OH)–C–C–N with tert-alkyl or cyclic N) is 1. The van der Waals surface area contributed by atoms with Gasteiger partial charge in [-0.15, -0.1) is 0 Å². The van der Waals surface area contributed by atoms with E-state index in [1.165, 1.54) is 22.9 Å². The smallest absolute Gasteiger partial charge is 0.291 e. The number of hydrogen-bond donors (Lipinski definition) is 3. The minimum absolute atomic E-state index is 0.0341. The second-order valence-electron chi connectivity index (χ2n) is 8.65. The van der Waals surface area contributed by atoms with Crippen LogP contribution in [0.3, 0.4) is 0 Å². The van der Waals surface area contributed by atoms with Crippen LogP contribution in [0.1, 0.15) is 49.0 Å². The molecule has 1 aliphatic heterocycles. The first-order chi connectivity index (χ1) is 14.8. The van der Waals surface area contributed by atoms with Crippen LogP contribution in [-0.2, 0) is 11.3 Å². The molecule has 2 aromatic rings. The molecule has 0 aromatic carbocycles. The second kappa shape index (κ2) is 8.18. The highest BCUT2D eigenvalue weighted by atomic mass is 16.3. The number of amides is 2. The average molecular weight is 429 g/mol. The number of fused-ring (bicyclic) bond motifs is 1. The Hall–Kier alpha value is -3.14. The molecule has 1 saturated heterocycles. The van der Waals surface area contributed by atoms with Gasteiger partial charge in [0.1, 0.15) is 5.65 Å². The van der Waals surface area contributed by atoms with Crippen molar-refractivity contribution in [3.8, 4) is 5.88 Å². The average Bonchev–Trinajstić information content (AvgIpc) is 3.24. The van der Waals surface area contributed by atoms with Gasteiger partial charge < -0.3 is 20.4 Å². The van der Waals surface area contributed by atoms with E-state index >= 15 is 0 Å². The number of aromatic hydroxyl groups is 1. The normalized spacial score (nSPS) is 19.1. The van der Waals surface area contributed by atoms with Gasteiger partial charge in [0.05, 0.1) is 12.3 Å². The fraction of sp³-hybridized carbons (Fsp3) is 0.524. The van der Waals surface area contributed by atoms with Crippen LogP contribution in [0, 0.1) is 5.92 Å². The standard InChI is InChI=1S/C21H27N5O5/c1-12(2)10-25-19-13(3-6-16(28)24-8-7-15(27)11-24)9-22-26(19)21(31)17(20(25)30)18(29)23-14-4-5-14/h3,6,9,12,14-15,27,30H,4-5,7-8,10-11H2,1-2H3,(H,23,29)/b6-3+/t15-/m0/s1. The van der Waals surface area contributed by atoms with Crippen molar-refractivity contribution >= 4 is 23.5 Å². The number of carbonyl (C=O) groups is 2. The zero-order valence-corrected chi connectivity index (χ0v) is 17.6. The fourth-order valence-electron chi connectivity index (χ4n) is 3.76. The predicted molar refractivity (Wildman–Crippen MR) is 113 cm³/mol. The number of aromatic nitrogens is 3. The summed E-state index contributed by atoms with van der Waals surface area (Å²) in [6.45, 7) is 5.02. The van der Waals surface area contributed by atoms with E-state index < -0.39 is 23.5 Å². The van der Waals surface area contributed by atoms with Crippen LogP contribution in [-0.4, -0.2) is 66.3 Å². The van der Waals surface area contributed by atoms with Crippen LogP contribution in [0.2, 0.25) is 0 Å². The van der Waals surface area contributed by atoms with Crippen LogP contribution < -0.4 is 10.9 Å². The summed E-state index contributed by atoms with van der Waals surface area (Å²) in [6, 6.07) is 0.0341. The molecular formula is C21H27N5O5. The number of hydrogen-bond acceptors (Lipinski definition) is 6. The first-order valence-corrected chi connectivity index (χ1v) is 10.6. The van der Waals surface area contributed by atoms with Gasteiger partial charge >= 0.3 is 0 Å². The van der Waals surface area contributed by atoms with E-state index in [-0.39, 0.29) is 30.0 Å². The van der Waals surface area contributed by atoms with E-state index in [4.69, 9.17) is 0 Å². The minimum Gasteiger partial charge on any atom is -0.494 e. The molecule has 4 rings (SSSR count). The van der Waals surface area contributed by atoms with Gasteiger partial charge in [0.15, 0.2) is 5.56 Å². The zero-order chi connectivity index (χ0) is 22.3. The molecule has 2 aliphatic rings. The van der Waals surface area contributed by atoms with Crippen molar-refractivity contribution in [2.75, 3.05) is 13.1 Å². The second-order valence-corrected chi connectivity index (χ2v) is 8.65. The molecule has 166 valence electrons. The largest absolute Gasteiger partial charge is 0.494 e. The molecule has 3 N–H and O–H groups in total. The fourth-order valence-corrected chi connectivity index (χ4v) is 3.76. The molecular weight excluding hydrogens is 402 g/mol. The highest BCUT2D eigenvalue weighted by Gasteiger charge is 2.30. The molecule has 0 spiro atoms. The molecule has 0 radical (unpaired) electrons. The zero-order valence-electron chi connectivity index (χ0n) is 17.6. The van der Waals surface area contributed by atoms with E-state index in [2.05, 4.69) is 10.4 Å². The highest BCUT2D eigenvalue weighted by Crippen LogP contribution is 2.24. The molecule has 2 aromatic heterocycles. The third kappa shape index (κ3) is 4.20. The Labute approximate surface area is 178 Å². The lowest BCUT2D eigenvalue weighted by Gasteiger charge is -2.17. The lowest BCUT2D eigenvalue weighted by Crippen LogP contribution is -2.34. The van der Waals surface area contributed by atoms with Gasteiger partial charge in [-0.1, -0.05) is 13.8 Å². The molecule has 0 unspecified atom stereocenters. The van der Waals surface area contributed by atoms with Crippen LogP contribution >= 0.6 is 0 Å². The van der Waals surface area contributed by atoms with E-state index in [0.717, 1.165) is 17.4 Å². The summed E-state index contributed by atoms with van der Waals surface area (Å²) in [7, 11) is 0. The van der Waals surface area contributed by atoms with Gasteiger partial charge in [-0.3, -0.25) is 19.0 Å². The topological polar surface area (TPSA) is 129 Å². The first-order valence-electron chi connectivity index (χ1n) is 10.6. The molecule has 2 fully saturated rings. The summed E-state index contributed by atoms with van der Waals surface area (Å²) in [5.41, 5.74) is -0.264. The molecule has 3 heterocycles. The third-order valence-electron chi connectivity index (χ3n) is 5.48. The Bertz CT molecular complexity index is 1110. The van der Waals surface area contributed by atoms with Crippen LogP contribution in [0.15, 0.2) is 17.1 Å². The highest BCUT2D eigenvalue weighted by molar-refractivity contribution is 5.97. The molecule has 10 heteroatoms. The summed E-state index contributed by atoms with van der Waals surface area (Å²) < 4.78 is 2.58. The predicted octanol–water partition coefficient (Wildman–Crippen LogP) is 0.356. The van der Waals surface area contributed by atoms with Crippen molar-refractivity contribution in [2.45, 2.75) is 51.8 Å². The van der Waals surface area contributed by atoms with Gasteiger partial charge in [-0.05, 0) is 31.3 Å². The SMILES string of the molecule is CC(C)Cn1c(O)c(C(=O)NC2CC2)c(=O)n2ncc(/C=C/C(=O)N3CC[C@H](O)C3)c12. The molecule has 1 atom stereocenters. The summed E-state index contributed by atoms with van der Waals surface area (Å²) in [5, 5.41) is 27.4. The van der Waals surface area contributed by atoms with Crippen molar-refractivity contribution in [2.24, 2.45) is 5.92 Å². The maximum atomic E-state index is 13.0. The van der Waals surface area contributed by atoms with Crippen LogP contribution in [0.5, 0.6) is 5.88 Å². The molecule has 31 heavy (non-hydrogen) atoms. The Morgan fingerprint density at radius 1 is 1.32 bits per heavy atom. The number of carbonyl (C=O) groups excluding carboxylic acids is 2. The van der Waals surface area contributed by atoms with Crippen molar-refractivity contribution in [1.29, 1.82) is 0 Å². The number of aliphatic hydroxyl groups is 1. The minimum atomic E-state index is -0.709. The molecule has 2 amide bonds. The lowest BCUT2D eigenvalue weighted by molar-refractivity contribution is -0.125. The molecule has 0 bridgehead atoms. The van der Waals surface area contributed by atoms with E-state index in [1.54, 1.807) is 4.90 Å². The summed E-state index contributed by atoms with van der Waals surface area (Å²) in [6.07, 6.45) is 6.07. The van der Waals surface area contributed by atoms with Gasteiger partial charge in [0, 0.05) is 37.3 Å². The van der Waals surface area contributed by atoms with E-state index in [9.17, 15) is 24.6 Å². The number of aliphatic hydroxyl groups excluding tert-OH is 1. The van der Waals surface area contributed by atoms with E-state index in [0.29, 0.717) is 30.7 Å². The van der Waals surface area contributed by atoms with Crippen molar-refractivity contribution in [3.63, 3.8) is 0 Å². The van der Waals surface area contributed by atoms with Crippen molar-refractivity contribution < 1.29 is 19.8 Å². The Morgan fingerprint density at radius 3 is 2.68 bits per heavy atom. The molecule has 10 nitrogen and oxygen atoms in total. The number of nitrogens with one attached hydrogen (secondary N) is 1. The number of rotatable bonds is 6. The quantitative estimate of drug-likeness (QED) is 0.569. The van der Waals surface area contributed by atoms with Crippen molar-refractivity contribution in [1.82, 2.24) is 24.4 Å². The Morgan fingerprint density at radius 2 is 2.06 bits per heavy atom.